The Labute approximate surface area is 141 Å². The molecule has 0 bridgehead atoms. The summed E-state index contributed by atoms with van der Waals surface area (Å²) >= 11 is 0. The lowest BCUT2D eigenvalue weighted by atomic mass is 10.0. The maximum Gasteiger partial charge on any atom is 0.230 e. The van der Waals surface area contributed by atoms with Crippen LogP contribution in [-0.2, 0) is 18.3 Å². The van der Waals surface area contributed by atoms with Crippen molar-refractivity contribution in [1.82, 2.24) is 24.9 Å². The Bertz CT molecular complexity index is 714. The third-order valence-electron chi connectivity index (χ3n) is 4.79. The molecule has 0 aliphatic carbocycles. The second kappa shape index (κ2) is 6.86. The predicted octanol–water partition coefficient (Wildman–Crippen LogP) is 1.99. The minimum absolute atomic E-state index is 0.262. The summed E-state index contributed by atoms with van der Waals surface area (Å²) in [6.45, 7) is 4.13. The number of hydrogen-bond acceptors (Lipinski definition) is 6. The summed E-state index contributed by atoms with van der Waals surface area (Å²) in [6, 6.07) is 2.07. The van der Waals surface area contributed by atoms with Gasteiger partial charge in [-0.3, -0.25) is 9.58 Å². The minimum atomic E-state index is 0.262. The van der Waals surface area contributed by atoms with Gasteiger partial charge >= 0.3 is 0 Å². The van der Waals surface area contributed by atoms with Crippen molar-refractivity contribution in [2.75, 3.05) is 26.3 Å². The Hall–Kier alpha value is -1.99. The van der Waals surface area contributed by atoms with Crippen LogP contribution >= 0.6 is 0 Å². The molecule has 7 heteroatoms. The summed E-state index contributed by atoms with van der Waals surface area (Å²) in [4.78, 5) is 2.33. The molecular formula is C17H23N5O2. The topological polar surface area (TPSA) is 69.2 Å². The van der Waals surface area contributed by atoms with E-state index in [4.69, 9.17) is 9.15 Å². The van der Waals surface area contributed by atoms with Crippen LogP contribution in [0.2, 0.25) is 0 Å². The van der Waals surface area contributed by atoms with E-state index in [1.807, 2.05) is 17.9 Å². The molecule has 2 aromatic heterocycles. The van der Waals surface area contributed by atoms with Crippen LogP contribution < -0.4 is 0 Å². The highest BCUT2D eigenvalue weighted by atomic mass is 16.5. The van der Waals surface area contributed by atoms with Crippen molar-refractivity contribution in [1.29, 1.82) is 0 Å². The summed E-state index contributed by atoms with van der Waals surface area (Å²) in [7, 11) is 1.98. The standard InChI is InChI=1S/C17H23N5O2/c1-21-15(4-7-18-21)13-5-8-22(9-6-13)11-16-19-20-17(24-16)14-3-2-10-23-12-14/h4-5,7,14H,2-3,6,8-12H2,1H3. The second-order valence-electron chi connectivity index (χ2n) is 6.50. The van der Waals surface area contributed by atoms with Crippen molar-refractivity contribution >= 4 is 5.57 Å². The molecule has 1 unspecified atom stereocenters. The van der Waals surface area contributed by atoms with E-state index in [0.717, 1.165) is 44.8 Å². The molecule has 0 spiro atoms. The average molecular weight is 329 g/mol. The number of ether oxygens (including phenoxy) is 1. The maximum atomic E-state index is 5.87. The highest BCUT2D eigenvalue weighted by Gasteiger charge is 2.23. The molecule has 2 aromatic rings. The molecule has 2 aliphatic rings. The van der Waals surface area contributed by atoms with Gasteiger partial charge in [0, 0.05) is 32.9 Å². The van der Waals surface area contributed by atoms with E-state index >= 15 is 0 Å². The van der Waals surface area contributed by atoms with Crippen LogP contribution in [0.15, 0.2) is 22.8 Å². The Morgan fingerprint density at radius 1 is 1.33 bits per heavy atom. The zero-order valence-electron chi connectivity index (χ0n) is 14.0. The zero-order valence-corrected chi connectivity index (χ0v) is 14.0. The van der Waals surface area contributed by atoms with E-state index in [0.29, 0.717) is 19.0 Å². The summed E-state index contributed by atoms with van der Waals surface area (Å²) < 4.78 is 13.3. The van der Waals surface area contributed by atoms with E-state index in [9.17, 15) is 0 Å². The molecule has 0 aromatic carbocycles. The van der Waals surface area contributed by atoms with Gasteiger partial charge in [0.05, 0.1) is 24.8 Å². The number of rotatable bonds is 4. The van der Waals surface area contributed by atoms with Crippen LogP contribution in [0.25, 0.3) is 5.57 Å². The fraction of sp³-hybridized carbons (Fsp3) is 0.588. The molecule has 4 heterocycles. The van der Waals surface area contributed by atoms with Crippen molar-refractivity contribution < 1.29 is 9.15 Å². The molecule has 0 radical (unpaired) electrons. The first kappa shape index (κ1) is 15.5. The molecule has 128 valence electrons. The van der Waals surface area contributed by atoms with Gasteiger partial charge < -0.3 is 9.15 Å². The molecular weight excluding hydrogens is 306 g/mol. The molecule has 1 atom stereocenters. The maximum absolute atomic E-state index is 5.87. The number of nitrogens with zero attached hydrogens (tertiary/aromatic N) is 5. The quantitative estimate of drug-likeness (QED) is 0.854. The lowest BCUT2D eigenvalue weighted by Crippen LogP contribution is -2.28. The van der Waals surface area contributed by atoms with Crippen LogP contribution in [0.4, 0.5) is 0 Å². The minimum Gasteiger partial charge on any atom is -0.423 e. The zero-order chi connectivity index (χ0) is 16.4. The van der Waals surface area contributed by atoms with Gasteiger partial charge in [0.25, 0.3) is 0 Å². The number of aryl methyl sites for hydroxylation is 1. The lowest BCUT2D eigenvalue weighted by Gasteiger charge is -2.25. The fourth-order valence-corrected chi connectivity index (χ4v) is 3.40. The molecule has 4 rings (SSSR count). The monoisotopic (exact) mass is 329 g/mol. The van der Waals surface area contributed by atoms with Crippen molar-refractivity contribution in [2.24, 2.45) is 7.05 Å². The Morgan fingerprint density at radius 3 is 3.00 bits per heavy atom. The molecule has 1 fully saturated rings. The van der Waals surface area contributed by atoms with Crippen LogP contribution in [0.5, 0.6) is 0 Å². The normalized spacial score (nSPS) is 22.5. The van der Waals surface area contributed by atoms with E-state index < -0.39 is 0 Å². The largest absolute Gasteiger partial charge is 0.423 e. The van der Waals surface area contributed by atoms with Gasteiger partial charge in [0.2, 0.25) is 11.8 Å². The first-order valence-electron chi connectivity index (χ1n) is 8.59. The molecule has 1 saturated heterocycles. The average Bonchev–Trinajstić information content (AvgIpc) is 3.26. The molecule has 0 saturated carbocycles. The third kappa shape index (κ3) is 3.27. The van der Waals surface area contributed by atoms with Crippen molar-refractivity contribution in [3.63, 3.8) is 0 Å². The third-order valence-corrected chi connectivity index (χ3v) is 4.79. The van der Waals surface area contributed by atoms with Crippen LogP contribution in [-0.4, -0.2) is 51.2 Å². The van der Waals surface area contributed by atoms with Gasteiger partial charge in [-0.15, -0.1) is 10.2 Å². The second-order valence-corrected chi connectivity index (χ2v) is 6.50. The fourth-order valence-electron chi connectivity index (χ4n) is 3.40. The number of aromatic nitrogens is 4. The van der Waals surface area contributed by atoms with Crippen LogP contribution in [0, 0.1) is 0 Å². The molecule has 0 amide bonds. The first-order valence-corrected chi connectivity index (χ1v) is 8.59. The molecule has 7 nitrogen and oxygen atoms in total. The van der Waals surface area contributed by atoms with Gasteiger partial charge in [-0.05, 0) is 30.9 Å². The van der Waals surface area contributed by atoms with E-state index in [1.54, 1.807) is 0 Å². The summed E-state index contributed by atoms with van der Waals surface area (Å²) in [6.07, 6.45) is 7.26. The first-order chi connectivity index (χ1) is 11.8. The smallest absolute Gasteiger partial charge is 0.230 e. The molecule has 24 heavy (non-hydrogen) atoms. The Morgan fingerprint density at radius 2 is 2.29 bits per heavy atom. The Balaban J connectivity index is 1.36. The Kier molecular flexibility index (Phi) is 4.44. The van der Waals surface area contributed by atoms with Crippen LogP contribution in [0.3, 0.4) is 0 Å². The van der Waals surface area contributed by atoms with Crippen molar-refractivity contribution in [2.45, 2.75) is 31.7 Å². The highest BCUT2D eigenvalue weighted by molar-refractivity contribution is 5.63. The van der Waals surface area contributed by atoms with E-state index in [1.165, 1.54) is 11.3 Å². The van der Waals surface area contributed by atoms with Gasteiger partial charge in [-0.25, -0.2) is 0 Å². The van der Waals surface area contributed by atoms with Crippen molar-refractivity contribution in [3.05, 3.63) is 35.8 Å². The lowest BCUT2D eigenvalue weighted by molar-refractivity contribution is 0.0718. The van der Waals surface area contributed by atoms with E-state index in [-0.39, 0.29) is 5.92 Å². The SMILES string of the molecule is Cn1nccc1C1=CCN(Cc2nnc(C3CCCOC3)o2)CC1. The molecule has 2 aliphatic heterocycles. The molecule has 0 N–H and O–H groups in total. The van der Waals surface area contributed by atoms with Gasteiger partial charge in [0.15, 0.2) is 0 Å². The van der Waals surface area contributed by atoms with Gasteiger partial charge in [-0.2, -0.15) is 5.10 Å². The van der Waals surface area contributed by atoms with Gasteiger partial charge in [0.1, 0.15) is 0 Å². The van der Waals surface area contributed by atoms with Crippen molar-refractivity contribution in [3.8, 4) is 0 Å². The summed E-state index contributed by atoms with van der Waals surface area (Å²) in [5.74, 6) is 1.69. The summed E-state index contributed by atoms with van der Waals surface area (Å²) in [5.41, 5.74) is 2.56. The van der Waals surface area contributed by atoms with Crippen LogP contribution in [0.1, 0.15) is 42.7 Å². The highest BCUT2D eigenvalue weighted by Crippen LogP contribution is 2.25. The van der Waals surface area contributed by atoms with E-state index in [2.05, 4.69) is 32.3 Å². The predicted molar refractivity (Wildman–Crippen MR) is 88.2 cm³/mol. The van der Waals surface area contributed by atoms with Gasteiger partial charge in [-0.1, -0.05) is 6.08 Å². The number of hydrogen-bond donors (Lipinski definition) is 0. The summed E-state index contributed by atoms with van der Waals surface area (Å²) in [5, 5.41) is 12.7.